The Morgan fingerprint density at radius 1 is 1.40 bits per heavy atom. The third kappa shape index (κ3) is 8.75. The smallest absolute Gasteiger partial charge is 0.230 e. The normalized spacial score (nSPS) is 14.1. The number of hydrogen-bond acceptors (Lipinski definition) is 3. The highest BCUT2D eigenvalue weighted by Crippen LogP contribution is 2.22. The van der Waals surface area contributed by atoms with Crippen LogP contribution >= 0.6 is 11.8 Å². The molecule has 0 aromatic carbocycles. The number of thioether (sulfide) groups is 1. The Hall–Kier alpha value is -0.220. The molecule has 3 nitrogen and oxygen atoms in total. The fraction of sp³-hybridized carbons (Fsp3) is 0.909. The van der Waals surface area contributed by atoms with Gasteiger partial charge in [0.15, 0.2) is 0 Å². The summed E-state index contributed by atoms with van der Waals surface area (Å²) >= 11 is 1.61. The Kier molecular flexibility index (Phi) is 6.29. The highest BCUT2D eigenvalue weighted by atomic mass is 32.2. The SMILES string of the molecule is CC(C)C(O)CNC(=O)CSC(C)(C)C. The molecule has 1 amide bonds. The molecule has 0 spiro atoms. The molecule has 90 valence electrons. The van der Waals surface area contributed by atoms with Crippen LogP contribution in [0.25, 0.3) is 0 Å². The third-order valence-corrected chi connectivity index (χ3v) is 3.19. The highest BCUT2D eigenvalue weighted by molar-refractivity contribution is 8.01. The van der Waals surface area contributed by atoms with Gasteiger partial charge in [-0.3, -0.25) is 4.79 Å². The van der Waals surface area contributed by atoms with Crippen LogP contribution in [-0.4, -0.2) is 34.2 Å². The fourth-order valence-electron chi connectivity index (χ4n) is 0.787. The molecule has 0 aromatic rings. The molecule has 0 aromatic heterocycles. The van der Waals surface area contributed by atoms with Crippen molar-refractivity contribution in [2.24, 2.45) is 5.92 Å². The molecule has 0 bridgehead atoms. The van der Waals surface area contributed by atoms with Crippen LogP contribution in [0.3, 0.4) is 0 Å². The maximum Gasteiger partial charge on any atom is 0.230 e. The molecule has 0 saturated carbocycles. The number of carbonyl (C=O) groups excluding carboxylic acids is 1. The van der Waals surface area contributed by atoms with Gasteiger partial charge in [0.25, 0.3) is 0 Å². The molecule has 0 heterocycles. The van der Waals surface area contributed by atoms with Gasteiger partial charge in [0.2, 0.25) is 5.91 Å². The van der Waals surface area contributed by atoms with Crippen molar-refractivity contribution in [2.75, 3.05) is 12.3 Å². The Morgan fingerprint density at radius 3 is 2.33 bits per heavy atom. The number of aliphatic hydroxyl groups is 1. The zero-order valence-corrected chi connectivity index (χ0v) is 11.1. The van der Waals surface area contributed by atoms with Gasteiger partial charge in [-0.25, -0.2) is 0 Å². The van der Waals surface area contributed by atoms with E-state index >= 15 is 0 Å². The molecule has 0 aliphatic rings. The monoisotopic (exact) mass is 233 g/mol. The van der Waals surface area contributed by atoms with E-state index in [1.165, 1.54) is 0 Å². The Balaban J connectivity index is 3.67. The second-order valence-electron chi connectivity index (χ2n) is 5.02. The first-order valence-corrected chi connectivity index (χ1v) is 6.29. The number of rotatable bonds is 5. The van der Waals surface area contributed by atoms with Crippen LogP contribution in [0, 0.1) is 5.92 Å². The van der Waals surface area contributed by atoms with Crippen molar-refractivity contribution in [3.8, 4) is 0 Å². The highest BCUT2D eigenvalue weighted by Gasteiger charge is 2.14. The summed E-state index contributed by atoms with van der Waals surface area (Å²) < 4.78 is 0.105. The average Bonchev–Trinajstić information content (AvgIpc) is 2.09. The predicted octanol–water partition coefficient (Wildman–Crippen LogP) is 1.65. The summed E-state index contributed by atoms with van der Waals surface area (Å²) in [5.74, 6) is 0.629. The van der Waals surface area contributed by atoms with E-state index in [-0.39, 0.29) is 16.6 Å². The molecule has 0 rings (SSSR count). The van der Waals surface area contributed by atoms with Gasteiger partial charge in [0.05, 0.1) is 11.9 Å². The van der Waals surface area contributed by atoms with E-state index in [9.17, 15) is 9.90 Å². The standard InChI is InChI=1S/C11H23NO2S/c1-8(2)9(13)6-12-10(14)7-15-11(3,4)5/h8-9,13H,6-7H2,1-5H3,(H,12,14). The van der Waals surface area contributed by atoms with Gasteiger partial charge in [0, 0.05) is 11.3 Å². The topological polar surface area (TPSA) is 49.3 Å². The quantitative estimate of drug-likeness (QED) is 0.759. The van der Waals surface area contributed by atoms with Gasteiger partial charge in [-0.2, -0.15) is 0 Å². The van der Waals surface area contributed by atoms with Crippen molar-refractivity contribution in [1.82, 2.24) is 5.32 Å². The number of aliphatic hydroxyl groups excluding tert-OH is 1. The molecular weight excluding hydrogens is 210 g/mol. The van der Waals surface area contributed by atoms with Crippen LogP contribution in [0.15, 0.2) is 0 Å². The van der Waals surface area contributed by atoms with Gasteiger partial charge in [-0.05, 0) is 5.92 Å². The van der Waals surface area contributed by atoms with E-state index in [0.717, 1.165) is 0 Å². The van der Waals surface area contributed by atoms with E-state index in [1.54, 1.807) is 11.8 Å². The van der Waals surface area contributed by atoms with E-state index in [2.05, 4.69) is 26.1 Å². The van der Waals surface area contributed by atoms with E-state index in [0.29, 0.717) is 12.3 Å². The molecule has 0 aliphatic heterocycles. The van der Waals surface area contributed by atoms with E-state index in [1.807, 2.05) is 13.8 Å². The largest absolute Gasteiger partial charge is 0.391 e. The lowest BCUT2D eigenvalue weighted by molar-refractivity contribution is -0.119. The van der Waals surface area contributed by atoms with Crippen molar-refractivity contribution >= 4 is 17.7 Å². The first-order valence-electron chi connectivity index (χ1n) is 5.31. The van der Waals surface area contributed by atoms with Crippen LogP contribution in [0.4, 0.5) is 0 Å². The van der Waals surface area contributed by atoms with Gasteiger partial charge in [0.1, 0.15) is 0 Å². The van der Waals surface area contributed by atoms with E-state index in [4.69, 9.17) is 0 Å². The molecular formula is C11H23NO2S. The summed E-state index contributed by atoms with van der Waals surface area (Å²) in [5.41, 5.74) is 0. The average molecular weight is 233 g/mol. The van der Waals surface area contributed by atoms with Crippen molar-refractivity contribution in [1.29, 1.82) is 0 Å². The van der Waals surface area contributed by atoms with Crippen LogP contribution in [0.2, 0.25) is 0 Å². The molecule has 4 heteroatoms. The minimum atomic E-state index is -0.450. The summed E-state index contributed by atoms with van der Waals surface area (Å²) in [6.45, 7) is 10.4. The second kappa shape index (κ2) is 6.38. The molecule has 0 saturated heterocycles. The number of amides is 1. The van der Waals surface area contributed by atoms with Gasteiger partial charge < -0.3 is 10.4 Å². The maximum atomic E-state index is 11.4. The molecule has 1 atom stereocenters. The summed E-state index contributed by atoms with van der Waals surface area (Å²) in [4.78, 5) is 11.4. The summed E-state index contributed by atoms with van der Waals surface area (Å²) in [7, 11) is 0. The number of hydrogen-bond donors (Lipinski definition) is 2. The number of carbonyl (C=O) groups is 1. The minimum absolute atomic E-state index is 0.00498. The zero-order valence-electron chi connectivity index (χ0n) is 10.3. The Bertz CT molecular complexity index is 199. The first kappa shape index (κ1) is 14.8. The van der Waals surface area contributed by atoms with Gasteiger partial charge in [-0.15, -0.1) is 11.8 Å². The lowest BCUT2D eigenvalue weighted by Crippen LogP contribution is -2.36. The zero-order chi connectivity index (χ0) is 12.1. The lowest BCUT2D eigenvalue weighted by Gasteiger charge is -2.18. The van der Waals surface area contributed by atoms with Crippen molar-refractivity contribution in [2.45, 2.75) is 45.5 Å². The van der Waals surface area contributed by atoms with Gasteiger partial charge in [-0.1, -0.05) is 34.6 Å². The molecule has 0 radical (unpaired) electrons. The Morgan fingerprint density at radius 2 is 1.93 bits per heavy atom. The summed E-state index contributed by atoms with van der Waals surface area (Å²) in [6, 6.07) is 0. The first-order chi connectivity index (χ1) is 6.72. The van der Waals surface area contributed by atoms with Crippen LogP contribution in [0.5, 0.6) is 0 Å². The Labute approximate surface area is 97.0 Å². The fourth-order valence-corrected chi connectivity index (χ4v) is 1.45. The molecule has 15 heavy (non-hydrogen) atoms. The third-order valence-electron chi connectivity index (χ3n) is 1.91. The van der Waals surface area contributed by atoms with Crippen molar-refractivity contribution < 1.29 is 9.90 Å². The van der Waals surface area contributed by atoms with Crippen LogP contribution in [-0.2, 0) is 4.79 Å². The van der Waals surface area contributed by atoms with Crippen molar-refractivity contribution in [3.05, 3.63) is 0 Å². The molecule has 2 N–H and O–H groups in total. The second-order valence-corrected chi connectivity index (χ2v) is 6.82. The van der Waals surface area contributed by atoms with E-state index < -0.39 is 6.10 Å². The molecule has 1 unspecified atom stereocenters. The van der Waals surface area contributed by atoms with Crippen molar-refractivity contribution in [3.63, 3.8) is 0 Å². The number of nitrogens with one attached hydrogen (secondary N) is 1. The van der Waals surface area contributed by atoms with Gasteiger partial charge >= 0.3 is 0 Å². The minimum Gasteiger partial charge on any atom is -0.391 e. The molecule has 0 aliphatic carbocycles. The lowest BCUT2D eigenvalue weighted by atomic mass is 10.1. The van der Waals surface area contributed by atoms with Crippen LogP contribution in [0.1, 0.15) is 34.6 Å². The van der Waals surface area contributed by atoms with Crippen LogP contribution < -0.4 is 5.32 Å². The summed E-state index contributed by atoms with van der Waals surface area (Å²) in [6.07, 6.45) is -0.450. The molecule has 0 fully saturated rings. The predicted molar refractivity (Wildman–Crippen MR) is 66.1 cm³/mol. The maximum absolute atomic E-state index is 11.4. The summed E-state index contributed by atoms with van der Waals surface area (Å²) in [5, 5.41) is 12.2.